The van der Waals surface area contributed by atoms with Crippen molar-refractivity contribution < 1.29 is 9.59 Å². The molecule has 2 saturated heterocycles. The minimum atomic E-state index is -0.538. The average Bonchev–Trinajstić information content (AvgIpc) is 2.67. The zero-order valence-electron chi connectivity index (χ0n) is 14.2. The maximum absolute atomic E-state index is 12.6. The third-order valence-electron chi connectivity index (χ3n) is 5.86. The van der Waals surface area contributed by atoms with Gasteiger partial charge in [0, 0.05) is 12.6 Å². The SMILES string of the molecule is CC(C)[C@H](N)C(=O)NCC(=O)N1CC2CC3CC(C2)CC1C3.Cl. The molecule has 2 amide bonds. The Bertz CT molecular complexity index is 443. The second-order valence-corrected chi connectivity index (χ2v) is 7.96. The quantitative estimate of drug-likeness (QED) is 0.813. The van der Waals surface area contributed by atoms with E-state index in [-0.39, 0.29) is 36.7 Å². The molecule has 0 aromatic carbocycles. The van der Waals surface area contributed by atoms with Crippen LogP contribution in [0.3, 0.4) is 0 Å². The molecule has 3 N–H and O–H groups in total. The van der Waals surface area contributed by atoms with Crippen molar-refractivity contribution in [3.05, 3.63) is 0 Å². The van der Waals surface area contributed by atoms with Crippen molar-refractivity contribution >= 4 is 24.2 Å². The topological polar surface area (TPSA) is 75.4 Å². The molecule has 0 spiro atoms. The van der Waals surface area contributed by atoms with Crippen molar-refractivity contribution in [1.82, 2.24) is 10.2 Å². The second-order valence-electron chi connectivity index (χ2n) is 7.96. The van der Waals surface area contributed by atoms with Gasteiger partial charge in [-0.25, -0.2) is 0 Å². The minimum absolute atomic E-state index is 0. The first-order chi connectivity index (χ1) is 10.4. The molecule has 2 unspecified atom stereocenters. The molecule has 6 heteroatoms. The van der Waals surface area contributed by atoms with Crippen LogP contribution in [0.15, 0.2) is 0 Å². The Morgan fingerprint density at radius 3 is 2.22 bits per heavy atom. The van der Waals surface area contributed by atoms with Gasteiger partial charge >= 0.3 is 0 Å². The summed E-state index contributed by atoms with van der Waals surface area (Å²) in [5.74, 6) is 2.26. The van der Waals surface area contributed by atoms with Crippen LogP contribution < -0.4 is 11.1 Å². The molecule has 0 radical (unpaired) electrons. The van der Waals surface area contributed by atoms with E-state index in [4.69, 9.17) is 5.73 Å². The number of fused-ring (bicyclic) bond motifs is 1. The molecular weight excluding hydrogens is 314 g/mol. The summed E-state index contributed by atoms with van der Waals surface area (Å²) in [5.41, 5.74) is 5.82. The fraction of sp³-hybridized carbons (Fsp3) is 0.882. The summed E-state index contributed by atoms with van der Waals surface area (Å²) in [6.45, 7) is 4.81. The van der Waals surface area contributed by atoms with Crippen molar-refractivity contribution in [2.75, 3.05) is 13.1 Å². The van der Waals surface area contributed by atoms with E-state index in [1.165, 1.54) is 19.3 Å². The standard InChI is InChI=1S/C17H29N3O2.ClH/c1-10(2)16(18)17(22)19-8-15(21)20-9-13-4-11-3-12(5-13)7-14(20)6-11;/h10-14,16H,3-9,18H2,1-2H3,(H,19,22);1H/t11?,12?,13?,14?,16-;/m0./s1. The van der Waals surface area contributed by atoms with Crippen LogP contribution in [0.4, 0.5) is 0 Å². The molecule has 3 atom stereocenters. The van der Waals surface area contributed by atoms with E-state index < -0.39 is 6.04 Å². The van der Waals surface area contributed by atoms with E-state index in [1.54, 1.807) is 0 Å². The Kier molecular flexibility index (Phi) is 5.95. The van der Waals surface area contributed by atoms with Gasteiger partial charge in [0.15, 0.2) is 0 Å². The van der Waals surface area contributed by atoms with Crippen LogP contribution in [-0.2, 0) is 9.59 Å². The highest BCUT2D eigenvalue weighted by Crippen LogP contribution is 2.47. The van der Waals surface area contributed by atoms with Crippen molar-refractivity contribution in [3.8, 4) is 0 Å². The van der Waals surface area contributed by atoms with Crippen LogP contribution in [0, 0.1) is 23.7 Å². The Balaban J connectivity index is 0.00000192. The first-order valence-corrected chi connectivity index (χ1v) is 8.76. The number of nitrogens with two attached hydrogens (primary N) is 1. The third-order valence-corrected chi connectivity index (χ3v) is 5.86. The number of nitrogens with zero attached hydrogens (tertiary/aromatic N) is 1. The van der Waals surface area contributed by atoms with Gasteiger partial charge in [0.2, 0.25) is 11.8 Å². The number of hydrogen-bond acceptors (Lipinski definition) is 3. The van der Waals surface area contributed by atoms with Crippen molar-refractivity contribution in [1.29, 1.82) is 0 Å². The van der Waals surface area contributed by atoms with E-state index in [9.17, 15) is 9.59 Å². The van der Waals surface area contributed by atoms with Crippen molar-refractivity contribution in [2.45, 2.75) is 58.0 Å². The fourth-order valence-electron chi connectivity index (χ4n) is 4.77. The highest BCUT2D eigenvalue weighted by Gasteiger charge is 2.43. The third kappa shape index (κ3) is 4.00. The van der Waals surface area contributed by atoms with E-state index >= 15 is 0 Å². The number of carbonyl (C=O) groups excluding carboxylic acids is 2. The molecule has 4 rings (SSSR count). The number of carbonyl (C=O) groups is 2. The molecular formula is C17H30ClN3O2. The second kappa shape index (κ2) is 7.39. The lowest BCUT2D eigenvalue weighted by molar-refractivity contribution is -0.135. The average molecular weight is 344 g/mol. The molecule has 0 aromatic heterocycles. The summed E-state index contributed by atoms with van der Waals surface area (Å²) in [5, 5.41) is 2.73. The maximum atomic E-state index is 12.6. The van der Waals surface area contributed by atoms with Gasteiger partial charge in [0.05, 0.1) is 12.6 Å². The fourth-order valence-corrected chi connectivity index (χ4v) is 4.77. The van der Waals surface area contributed by atoms with Gasteiger partial charge in [-0.2, -0.15) is 0 Å². The van der Waals surface area contributed by atoms with E-state index in [1.807, 2.05) is 13.8 Å². The van der Waals surface area contributed by atoms with E-state index in [0.29, 0.717) is 12.0 Å². The van der Waals surface area contributed by atoms with Crippen LogP contribution >= 0.6 is 12.4 Å². The Morgan fingerprint density at radius 2 is 1.65 bits per heavy atom. The molecule has 23 heavy (non-hydrogen) atoms. The van der Waals surface area contributed by atoms with Crippen LogP contribution in [-0.4, -0.2) is 41.9 Å². The zero-order chi connectivity index (χ0) is 15.9. The van der Waals surface area contributed by atoms with Crippen molar-refractivity contribution in [3.63, 3.8) is 0 Å². The molecule has 2 aliphatic heterocycles. The molecule has 2 saturated carbocycles. The molecule has 132 valence electrons. The normalized spacial score (nSPS) is 33.1. The Morgan fingerprint density at radius 1 is 1.09 bits per heavy atom. The molecule has 5 nitrogen and oxygen atoms in total. The van der Waals surface area contributed by atoms with Gasteiger partial charge in [0.25, 0.3) is 0 Å². The lowest BCUT2D eigenvalue weighted by Gasteiger charge is -2.39. The lowest BCUT2D eigenvalue weighted by Crippen LogP contribution is -2.50. The van der Waals surface area contributed by atoms with E-state index in [2.05, 4.69) is 10.2 Å². The summed E-state index contributed by atoms with van der Waals surface area (Å²) in [6, 6.07) is -0.136. The predicted octanol–water partition coefficient (Wildman–Crippen LogP) is 1.54. The van der Waals surface area contributed by atoms with Crippen LogP contribution in [0.1, 0.15) is 46.0 Å². The summed E-state index contributed by atoms with van der Waals surface area (Å²) in [6.07, 6.45) is 6.29. The number of halogens is 1. The van der Waals surface area contributed by atoms with Crippen LogP contribution in [0.5, 0.6) is 0 Å². The maximum Gasteiger partial charge on any atom is 0.242 e. The summed E-state index contributed by atoms with van der Waals surface area (Å²) in [4.78, 5) is 26.6. The highest BCUT2D eigenvalue weighted by atomic mass is 35.5. The molecule has 4 bridgehead atoms. The molecule has 0 aromatic rings. The smallest absolute Gasteiger partial charge is 0.242 e. The van der Waals surface area contributed by atoms with Gasteiger partial charge in [-0.3, -0.25) is 9.59 Å². The zero-order valence-corrected chi connectivity index (χ0v) is 15.0. The van der Waals surface area contributed by atoms with Gasteiger partial charge in [-0.1, -0.05) is 13.8 Å². The predicted molar refractivity (Wildman–Crippen MR) is 92.1 cm³/mol. The lowest BCUT2D eigenvalue weighted by atomic mass is 9.68. The summed E-state index contributed by atoms with van der Waals surface area (Å²) in [7, 11) is 0. The van der Waals surface area contributed by atoms with Gasteiger partial charge in [-0.15, -0.1) is 12.4 Å². The van der Waals surface area contributed by atoms with Crippen LogP contribution in [0.2, 0.25) is 0 Å². The molecule has 4 fully saturated rings. The Hall–Kier alpha value is -0.810. The molecule has 2 aliphatic carbocycles. The summed E-state index contributed by atoms with van der Waals surface area (Å²) < 4.78 is 0. The molecule has 4 aliphatic rings. The van der Waals surface area contributed by atoms with Gasteiger partial charge in [0.1, 0.15) is 0 Å². The number of amides is 2. The Labute approximate surface area is 145 Å². The number of hydrogen-bond donors (Lipinski definition) is 2. The van der Waals surface area contributed by atoms with Gasteiger partial charge in [-0.05, 0) is 55.8 Å². The molecule has 2 heterocycles. The van der Waals surface area contributed by atoms with Crippen molar-refractivity contribution in [2.24, 2.45) is 29.4 Å². The number of nitrogens with one attached hydrogen (secondary N) is 1. The van der Waals surface area contributed by atoms with E-state index in [0.717, 1.165) is 31.2 Å². The monoisotopic (exact) mass is 343 g/mol. The minimum Gasteiger partial charge on any atom is -0.346 e. The first kappa shape index (κ1) is 18.5. The number of rotatable bonds is 4. The first-order valence-electron chi connectivity index (χ1n) is 8.76. The largest absolute Gasteiger partial charge is 0.346 e. The highest BCUT2D eigenvalue weighted by molar-refractivity contribution is 5.87. The summed E-state index contributed by atoms with van der Waals surface area (Å²) >= 11 is 0. The van der Waals surface area contributed by atoms with Crippen LogP contribution in [0.25, 0.3) is 0 Å². The van der Waals surface area contributed by atoms with Gasteiger partial charge < -0.3 is 16.0 Å².